The highest BCUT2D eigenvalue weighted by Gasteiger charge is 2.46. The summed E-state index contributed by atoms with van der Waals surface area (Å²) in [5.74, 6) is -0.580. The third kappa shape index (κ3) is 3.81. The summed E-state index contributed by atoms with van der Waals surface area (Å²) in [5.41, 5.74) is 0.886. The number of nitrogens with zero attached hydrogens (tertiary/aromatic N) is 1. The van der Waals surface area contributed by atoms with Crippen LogP contribution in [0.2, 0.25) is 10.0 Å². The predicted molar refractivity (Wildman–Crippen MR) is 88.7 cm³/mol. The fourth-order valence-electron chi connectivity index (χ4n) is 3.42. The van der Waals surface area contributed by atoms with Crippen molar-refractivity contribution in [2.45, 2.75) is 25.7 Å². The number of aryl methyl sites for hydroxylation is 1. The molecule has 1 aliphatic heterocycles. The van der Waals surface area contributed by atoms with Crippen LogP contribution in [0.3, 0.4) is 0 Å². The van der Waals surface area contributed by atoms with Crippen molar-refractivity contribution >= 4 is 35.1 Å². The van der Waals surface area contributed by atoms with Crippen molar-refractivity contribution in [1.29, 1.82) is 0 Å². The van der Waals surface area contributed by atoms with Crippen molar-refractivity contribution < 1.29 is 14.7 Å². The Labute approximate surface area is 145 Å². The molecular formula is C17H19Cl2NO3. The zero-order valence-corrected chi connectivity index (χ0v) is 14.2. The molecule has 1 heterocycles. The largest absolute Gasteiger partial charge is 0.481 e. The van der Waals surface area contributed by atoms with E-state index in [9.17, 15) is 14.7 Å². The van der Waals surface area contributed by atoms with Crippen LogP contribution in [0.25, 0.3) is 0 Å². The molecule has 1 aromatic rings. The maximum atomic E-state index is 12.4. The molecule has 3 rings (SSSR count). The van der Waals surface area contributed by atoms with Crippen LogP contribution < -0.4 is 0 Å². The van der Waals surface area contributed by atoms with E-state index in [0.717, 1.165) is 18.4 Å². The Kier molecular flexibility index (Phi) is 4.83. The molecule has 0 bridgehead atoms. The van der Waals surface area contributed by atoms with Gasteiger partial charge in [-0.1, -0.05) is 29.3 Å². The molecule has 124 valence electrons. The molecule has 6 heteroatoms. The molecule has 1 saturated heterocycles. The number of hydrogen-bond acceptors (Lipinski definition) is 2. The summed E-state index contributed by atoms with van der Waals surface area (Å²) in [6.07, 6.45) is 3.07. The predicted octanol–water partition coefficient (Wildman–Crippen LogP) is 3.50. The van der Waals surface area contributed by atoms with Gasteiger partial charge in [0.25, 0.3) is 0 Å². The molecule has 2 aliphatic rings. The van der Waals surface area contributed by atoms with Gasteiger partial charge in [0, 0.05) is 29.6 Å². The summed E-state index contributed by atoms with van der Waals surface area (Å²) in [7, 11) is 0. The summed E-state index contributed by atoms with van der Waals surface area (Å²) >= 11 is 12.0. The quantitative estimate of drug-likeness (QED) is 0.879. The fraction of sp³-hybridized carbons (Fsp3) is 0.529. The van der Waals surface area contributed by atoms with Crippen LogP contribution in [-0.4, -0.2) is 35.0 Å². The Bertz CT molecular complexity index is 630. The topological polar surface area (TPSA) is 57.6 Å². The number of carboxylic acid groups (broad SMARTS) is 1. The molecule has 0 unspecified atom stereocenters. The summed E-state index contributed by atoms with van der Waals surface area (Å²) in [6.45, 7) is 0.915. The van der Waals surface area contributed by atoms with Crippen molar-refractivity contribution in [3.8, 4) is 0 Å². The zero-order valence-electron chi connectivity index (χ0n) is 12.7. The van der Waals surface area contributed by atoms with Crippen LogP contribution in [0.15, 0.2) is 18.2 Å². The lowest BCUT2D eigenvalue weighted by atomic mass is 9.92. The maximum absolute atomic E-state index is 12.4. The molecule has 1 aromatic carbocycles. The lowest BCUT2D eigenvalue weighted by molar-refractivity contribution is -0.142. The molecule has 0 radical (unpaired) electrons. The number of likely N-dealkylation sites (tertiary alicyclic amines) is 1. The van der Waals surface area contributed by atoms with E-state index in [1.54, 1.807) is 17.0 Å². The van der Waals surface area contributed by atoms with Crippen LogP contribution in [0.4, 0.5) is 0 Å². The molecule has 0 aromatic heterocycles. The van der Waals surface area contributed by atoms with E-state index in [2.05, 4.69) is 0 Å². The lowest BCUT2D eigenvalue weighted by Crippen LogP contribution is -2.30. The third-order valence-electron chi connectivity index (χ3n) is 4.89. The Balaban J connectivity index is 1.59. The summed E-state index contributed by atoms with van der Waals surface area (Å²) < 4.78 is 0. The first-order chi connectivity index (χ1) is 11.0. The van der Waals surface area contributed by atoms with Gasteiger partial charge in [-0.05, 0) is 48.8 Å². The Morgan fingerprint density at radius 2 is 1.96 bits per heavy atom. The van der Waals surface area contributed by atoms with Crippen LogP contribution in [-0.2, 0) is 16.0 Å². The van der Waals surface area contributed by atoms with E-state index < -0.39 is 11.9 Å². The summed E-state index contributed by atoms with van der Waals surface area (Å²) in [4.78, 5) is 25.5. The van der Waals surface area contributed by atoms with Crippen molar-refractivity contribution in [3.05, 3.63) is 33.8 Å². The second-order valence-corrected chi connectivity index (χ2v) is 7.32. The van der Waals surface area contributed by atoms with E-state index in [4.69, 9.17) is 23.2 Å². The molecule has 23 heavy (non-hydrogen) atoms. The van der Waals surface area contributed by atoms with Gasteiger partial charge in [0.2, 0.25) is 5.91 Å². The third-order valence-corrected chi connectivity index (χ3v) is 5.47. The molecule has 1 N–H and O–H groups in total. The normalized spacial score (nSPS) is 24.0. The van der Waals surface area contributed by atoms with Gasteiger partial charge in [0.15, 0.2) is 0 Å². The number of carbonyl (C=O) groups excluding carboxylic acids is 1. The number of halogens is 2. The van der Waals surface area contributed by atoms with Crippen LogP contribution in [0.5, 0.6) is 0 Å². The monoisotopic (exact) mass is 355 g/mol. The molecule has 1 amide bonds. The molecule has 2 fully saturated rings. The van der Waals surface area contributed by atoms with Crippen molar-refractivity contribution in [1.82, 2.24) is 4.90 Å². The second-order valence-electron chi connectivity index (χ2n) is 6.48. The van der Waals surface area contributed by atoms with Crippen molar-refractivity contribution in [2.75, 3.05) is 13.1 Å². The first kappa shape index (κ1) is 16.6. The minimum atomic E-state index is -0.780. The van der Waals surface area contributed by atoms with E-state index in [-0.39, 0.29) is 11.8 Å². The first-order valence-corrected chi connectivity index (χ1v) is 8.66. The van der Waals surface area contributed by atoms with Crippen molar-refractivity contribution in [3.63, 3.8) is 0 Å². The smallest absolute Gasteiger partial charge is 0.308 e. The van der Waals surface area contributed by atoms with Gasteiger partial charge in [0.05, 0.1) is 5.92 Å². The number of hydrogen-bond donors (Lipinski definition) is 1. The van der Waals surface area contributed by atoms with Gasteiger partial charge in [-0.3, -0.25) is 9.59 Å². The average molecular weight is 356 g/mol. The van der Waals surface area contributed by atoms with Gasteiger partial charge < -0.3 is 10.0 Å². The number of rotatable bonds is 5. The van der Waals surface area contributed by atoms with E-state index in [0.29, 0.717) is 41.9 Å². The SMILES string of the molecule is O=C(O)[C@H]1CN(C(=O)CCc2ccc(Cl)cc2Cl)C[C@@H]1C1CC1. The standard InChI is InChI=1S/C17H19Cl2NO3/c18-12-5-3-11(15(19)7-12)4-6-16(21)20-8-13(10-1-2-10)14(9-20)17(22)23/h3,5,7,10,13-14H,1-2,4,6,8-9H2,(H,22,23)/t13-,14+/m1/s1. The van der Waals surface area contributed by atoms with E-state index in [1.807, 2.05) is 6.07 Å². The average Bonchev–Trinajstić information content (AvgIpc) is 3.24. The highest BCUT2D eigenvalue weighted by molar-refractivity contribution is 6.35. The number of amides is 1. The van der Waals surface area contributed by atoms with Gasteiger partial charge >= 0.3 is 5.97 Å². The molecule has 0 spiro atoms. The summed E-state index contributed by atoms with van der Waals surface area (Å²) in [5, 5.41) is 10.5. The van der Waals surface area contributed by atoms with Crippen molar-refractivity contribution in [2.24, 2.45) is 17.8 Å². The molecular weight excluding hydrogens is 337 g/mol. The second kappa shape index (κ2) is 6.70. The molecule has 4 nitrogen and oxygen atoms in total. The highest BCUT2D eigenvalue weighted by Crippen LogP contribution is 2.44. The number of carbonyl (C=O) groups is 2. The van der Waals surface area contributed by atoms with Gasteiger partial charge in [0.1, 0.15) is 0 Å². The number of benzene rings is 1. The number of aliphatic carboxylic acids is 1. The minimum Gasteiger partial charge on any atom is -0.481 e. The maximum Gasteiger partial charge on any atom is 0.308 e. The van der Waals surface area contributed by atoms with Gasteiger partial charge in [-0.25, -0.2) is 0 Å². The Hall–Kier alpha value is -1.26. The van der Waals surface area contributed by atoms with Gasteiger partial charge in [-0.15, -0.1) is 0 Å². The Morgan fingerprint density at radius 1 is 1.22 bits per heavy atom. The Morgan fingerprint density at radius 3 is 2.57 bits per heavy atom. The van der Waals surface area contributed by atoms with Crippen LogP contribution in [0, 0.1) is 17.8 Å². The molecule has 1 aliphatic carbocycles. The van der Waals surface area contributed by atoms with E-state index in [1.165, 1.54) is 0 Å². The fourth-order valence-corrected chi connectivity index (χ4v) is 3.92. The molecule has 1 saturated carbocycles. The van der Waals surface area contributed by atoms with Crippen LogP contribution >= 0.6 is 23.2 Å². The minimum absolute atomic E-state index is 0.00502. The zero-order chi connectivity index (χ0) is 16.6. The van der Waals surface area contributed by atoms with E-state index >= 15 is 0 Å². The van der Waals surface area contributed by atoms with Gasteiger partial charge in [-0.2, -0.15) is 0 Å². The van der Waals surface area contributed by atoms with Crippen LogP contribution in [0.1, 0.15) is 24.8 Å². The molecule has 2 atom stereocenters. The number of carboxylic acids is 1. The highest BCUT2D eigenvalue weighted by atomic mass is 35.5. The summed E-state index contributed by atoms with van der Waals surface area (Å²) in [6, 6.07) is 5.25. The first-order valence-electron chi connectivity index (χ1n) is 7.90. The lowest BCUT2D eigenvalue weighted by Gasteiger charge is -2.16.